The number of hydrogen-bond donors (Lipinski definition) is 2. The number of hydrogen-bond acceptors (Lipinski definition) is 4. The van der Waals surface area contributed by atoms with Crippen molar-refractivity contribution in [3.63, 3.8) is 0 Å². The Morgan fingerprint density at radius 2 is 1.91 bits per heavy atom. The van der Waals surface area contributed by atoms with Gasteiger partial charge in [-0.1, -0.05) is 12.1 Å². The summed E-state index contributed by atoms with van der Waals surface area (Å²) in [6, 6.07) is 7.19. The lowest BCUT2D eigenvalue weighted by molar-refractivity contribution is -0.134. The minimum Gasteiger partial charge on any atom is -0.495 e. The van der Waals surface area contributed by atoms with Crippen LogP contribution < -0.4 is 15.4 Å². The zero-order valence-corrected chi connectivity index (χ0v) is 14.0. The van der Waals surface area contributed by atoms with Crippen molar-refractivity contribution in [3.8, 4) is 5.75 Å². The first kappa shape index (κ1) is 17.3. The van der Waals surface area contributed by atoms with Crippen LogP contribution in [0.15, 0.2) is 24.3 Å². The molecule has 2 amide bonds. The molecule has 0 aliphatic heterocycles. The maximum absolute atomic E-state index is 12.5. The second-order valence-corrected chi connectivity index (χ2v) is 6.15. The third-order valence-electron chi connectivity index (χ3n) is 4.04. The lowest BCUT2D eigenvalue weighted by atomic mass is 10.0. The van der Waals surface area contributed by atoms with E-state index >= 15 is 0 Å². The summed E-state index contributed by atoms with van der Waals surface area (Å²) >= 11 is 0. The first-order chi connectivity index (χ1) is 11.0. The summed E-state index contributed by atoms with van der Waals surface area (Å²) in [6.07, 6.45) is 2.05. The molecule has 23 heavy (non-hydrogen) atoms. The number of para-hydroxylation sites is 2. The van der Waals surface area contributed by atoms with E-state index in [1.165, 1.54) is 0 Å². The normalized spacial score (nSPS) is 15.1. The molecular formula is C17H25N3O3. The van der Waals surface area contributed by atoms with Crippen molar-refractivity contribution in [2.24, 2.45) is 5.41 Å². The van der Waals surface area contributed by atoms with E-state index in [4.69, 9.17) is 4.74 Å². The fourth-order valence-electron chi connectivity index (χ4n) is 2.44. The van der Waals surface area contributed by atoms with Crippen LogP contribution in [0.3, 0.4) is 0 Å². The summed E-state index contributed by atoms with van der Waals surface area (Å²) in [5.74, 6) is 0.152. The summed E-state index contributed by atoms with van der Waals surface area (Å²) in [7, 11) is 5.53. The second kappa shape index (κ2) is 7.46. The van der Waals surface area contributed by atoms with Crippen LogP contribution in [-0.2, 0) is 9.59 Å². The monoisotopic (exact) mass is 319 g/mol. The minimum absolute atomic E-state index is 0.177. The van der Waals surface area contributed by atoms with Gasteiger partial charge >= 0.3 is 0 Å². The summed E-state index contributed by atoms with van der Waals surface area (Å²) in [5, 5.41) is 5.70. The molecule has 0 saturated heterocycles. The molecule has 1 fully saturated rings. The number of nitrogens with zero attached hydrogens (tertiary/aromatic N) is 1. The standard InChI is InChI=1S/C17H25N3O3/c1-20(2)12-6-11-18-15(21)17(9-10-17)16(22)19-13-7-4-5-8-14(13)23-3/h4-5,7-8H,6,9-12H2,1-3H3,(H,18,21)(H,19,22). The fourth-order valence-corrected chi connectivity index (χ4v) is 2.44. The number of carbonyl (C=O) groups excluding carboxylic acids is 2. The Bertz CT molecular complexity index is 568. The van der Waals surface area contributed by atoms with Crippen LogP contribution >= 0.6 is 0 Å². The molecule has 0 atom stereocenters. The Labute approximate surface area is 137 Å². The van der Waals surface area contributed by atoms with E-state index in [2.05, 4.69) is 15.5 Å². The van der Waals surface area contributed by atoms with Crippen LogP contribution in [0.25, 0.3) is 0 Å². The summed E-state index contributed by atoms with van der Waals surface area (Å²) in [4.78, 5) is 26.9. The van der Waals surface area contributed by atoms with E-state index < -0.39 is 5.41 Å². The average Bonchev–Trinajstić information content (AvgIpc) is 3.33. The average molecular weight is 319 g/mol. The van der Waals surface area contributed by atoms with Gasteiger partial charge in [-0.3, -0.25) is 9.59 Å². The highest BCUT2D eigenvalue weighted by Crippen LogP contribution is 2.47. The Balaban J connectivity index is 1.91. The van der Waals surface area contributed by atoms with Gasteiger partial charge in [0.1, 0.15) is 11.2 Å². The molecule has 0 radical (unpaired) electrons. The molecule has 1 aliphatic carbocycles. The Kier molecular flexibility index (Phi) is 5.60. The van der Waals surface area contributed by atoms with Crippen LogP contribution in [0.4, 0.5) is 5.69 Å². The van der Waals surface area contributed by atoms with Crippen LogP contribution in [0, 0.1) is 5.41 Å². The summed E-state index contributed by atoms with van der Waals surface area (Å²) in [5.41, 5.74) is -0.328. The van der Waals surface area contributed by atoms with Gasteiger partial charge in [0.2, 0.25) is 11.8 Å². The molecule has 0 bridgehead atoms. The Hall–Kier alpha value is -2.08. The molecule has 2 rings (SSSR count). The molecule has 1 saturated carbocycles. The zero-order valence-electron chi connectivity index (χ0n) is 14.0. The van der Waals surface area contributed by atoms with Crippen molar-refractivity contribution >= 4 is 17.5 Å². The quantitative estimate of drug-likeness (QED) is 0.562. The van der Waals surface area contributed by atoms with Crippen LogP contribution in [0.5, 0.6) is 5.75 Å². The number of nitrogens with one attached hydrogen (secondary N) is 2. The van der Waals surface area contributed by atoms with Gasteiger partial charge in [-0.05, 0) is 52.0 Å². The van der Waals surface area contributed by atoms with Gasteiger partial charge in [0.15, 0.2) is 0 Å². The molecule has 0 unspecified atom stereocenters. The molecule has 0 heterocycles. The van der Waals surface area contributed by atoms with Gasteiger partial charge in [-0.2, -0.15) is 0 Å². The van der Waals surface area contributed by atoms with Crippen molar-refractivity contribution in [2.45, 2.75) is 19.3 Å². The molecule has 6 nitrogen and oxygen atoms in total. The molecule has 0 spiro atoms. The van der Waals surface area contributed by atoms with Gasteiger partial charge in [-0.15, -0.1) is 0 Å². The molecule has 2 N–H and O–H groups in total. The predicted octanol–water partition coefficient (Wildman–Crippen LogP) is 1.48. The van der Waals surface area contributed by atoms with Crippen LogP contribution in [-0.4, -0.2) is 51.0 Å². The zero-order chi connectivity index (χ0) is 16.9. The number of ether oxygens (including phenoxy) is 1. The molecule has 1 aromatic rings. The summed E-state index contributed by atoms with van der Waals surface area (Å²) in [6.45, 7) is 1.49. The van der Waals surface area contributed by atoms with Gasteiger partial charge in [0, 0.05) is 6.54 Å². The number of anilines is 1. The van der Waals surface area contributed by atoms with Gasteiger partial charge in [0.25, 0.3) is 0 Å². The van der Waals surface area contributed by atoms with E-state index in [0.717, 1.165) is 13.0 Å². The smallest absolute Gasteiger partial charge is 0.240 e. The van der Waals surface area contributed by atoms with Crippen molar-refractivity contribution in [2.75, 3.05) is 39.6 Å². The highest BCUT2D eigenvalue weighted by atomic mass is 16.5. The Morgan fingerprint density at radius 1 is 1.22 bits per heavy atom. The third-order valence-corrected chi connectivity index (χ3v) is 4.04. The van der Waals surface area contributed by atoms with Crippen molar-refractivity contribution in [1.29, 1.82) is 0 Å². The topological polar surface area (TPSA) is 70.7 Å². The number of methoxy groups -OCH3 is 1. The van der Waals surface area contributed by atoms with Gasteiger partial charge in [0.05, 0.1) is 12.8 Å². The SMILES string of the molecule is COc1ccccc1NC(=O)C1(C(=O)NCCCN(C)C)CC1. The van der Waals surface area contributed by atoms with Gasteiger partial charge in [-0.25, -0.2) is 0 Å². The highest BCUT2D eigenvalue weighted by molar-refractivity contribution is 6.13. The maximum atomic E-state index is 12.5. The van der Waals surface area contributed by atoms with E-state index in [1.807, 2.05) is 26.2 Å². The van der Waals surface area contributed by atoms with Crippen LogP contribution in [0.1, 0.15) is 19.3 Å². The van der Waals surface area contributed by atoms with E-state index in [9.17, 15) is 9.59 Å². The van der Waals surface area contributed by atoms with E-state index in [0.29, 0.717) is 30.8 Å². The molecule has 6 heteroatoms. The third kappa shape index (κ3) is 4.22. The predicted molar refractivity (Wildman–Crippen MR) is 89.5 cm³/mol. The van der Waals surface area contributed by atoms with Crippen molar-refractivity contribution in [1.82, 2.24) is 10.2 Å². The lowest BCUT2D eigenvalue weighted by Gasteiger charge is -2.17. The first-order valence-corrected chi connectivity index (χ1v) is 7.87. The number of carbonyl (C=O) groups is 2. The molecular weight excluding hydrogens is 294 g/mol. The fraction of sp³-hybridized carbons (Fsp3) is 0.529. The molecule has 0 aromatic heterocycles. The van der Waals surface area contributed by atoms with Crippen LogP contribution in [0.2, 0.25) is 0 Å². The first-order valence-electron chi connectivity index (χ1n) is 7.87. The highest BCUT2D eigenvalue weighted by Gasteiger charge is 2.56. The molecule has 126 valence electrons. The Morgan fingerprint density at radius 3 is 2.52 bits per heavy atom. The molecule has 1 aliphatic rings. The maximum Gasteiger partial charge on any atom is 0.240 e. The largest absolute Gasteiger partial charge is 0.495 e. The number of benzene rings is 1. The van der Waals surface area contributed by atoms with Gasteiger partial charge < -0.3 is 20.3 Å². The second-order valence-electron chi connectivity index (χ2n) is 6.15. The van der Waals surface area contributed by atoms with Crippen molar-refractivity contribution < 1.29 is 14.3 Å². The number of rotatable bonds is 8. The molecule has 1 aromatic carbocycles. The van der Waals surface area contributed by atoms with Crippen molar-refractivity contribution in [3.05, 3.63) is 24.3 Å². The van der Waals surface area contributed by atoms with E-state index in [1.54, 1.807) is 19.2 Å². The summed E-state index contributed by atoms with van der Waals surface area (Å²) < 4.78 is 5.22. The van der Waals surface area contributed by atoms with E-state index in [-0.39, 0.29) is 11.8 Å². The minimum atomic E-state index is -0.918. The number of amides is 2. The lowest BCUT2D eigenvalue weighted by Crippen LogP contribution is -2.40.